The van der Waals surface area contributed by atoms with E-state index in [0.717, 1.165) is 18.7 Å². The molecular weight excluding hydrogens is 342 g/mol. The highest BCUT2D eigenvalue weighted by atomic mass is 16.5. The van der Waals surface area contributed by atoms with Crippen LogP contribution in [0.2, 0.25) is 0 Å². The number of benzene rings is 1. The number of amides is 2. The second-order valence-corrected chi connectivity index (χ2v) is 7.66. The standard InChI is InChI=1S/C21H33N3O3/c1-15(2)19(23-21(26)27-4)20(25)22-13-17-10-5-6-11-18(17)14-24-12-8-7-9-16(24)3/h5-6,10-11,15-16,19H,7-9,12-14H2,1-4H3,(H,22,25)(H,23,26). The van der Waals surface area contributed by atoms with Gasteiger partial charge in [-0.05, 0) is 43.4 Å². The van der Waals surface area contributed by atoms with Crippen LogP contribution in [0.5, 0.6) is 0 Å². The largest absolute Gasteiger partial charge is 0.453 e. The molecule has 2 N–H and O–H groups in total. The normalized spacial score (nSPS) is 18.8. The van der Waals surface area contributed by atoms with Gasteiger partial charge in [-0.15, -0.1) is 0 Å². The molecule has 0 aliphatic carbocycles. The first-order chi connectivity index (χ1) is 12.9. The zero-order valence-corrected chi connectivity index (χ0v) is 17.0. The Morgan fingerprint density at radius 3 is 2.56 bits per heavy atom. The molecule has 1 aliphatic heterocycles. The van der Waals surface area contributed by atoms with Crippen LogP contribution in [0.15, 0.2) is 24.3 Å². The molecule has 0 radical (unpaired) electrons. The van der Waals surface area contributed by atoms with Gasteiger partial charge < -0.3 is 15.4 Å². The van der Waals surface area contributed by atoms with Crippen molar-refractivity contribution in [3.8, 4) is 0 Å². The summed E-state index contributed by atoms with van der Waals surface area (Å²) in [6, 6.07) is 8.21. The van der Waals surface area contributed by atoms with E-state index in [2.05, 4.69) is 39.3 Å². The third-order valence-electron chi connectivity index (χ3n) is 5.29. The van der Waals surface area contributed by atoms with E-state index in [4.69, 9.17) is 0 Å². The van der Waals surface area contributed by atoms with Gasteiger partial charge in [0, 0.05) is 19.1 Å². The second kappa shape index (κ2) is 10.3. The Balaban J connectivity index is 2.00. The number of nitrogens with one attached hydrogen (secondary N) is 2. The van der Waals surface area contributed by atoms with Crippen LogP contribution in [0, 0.1) is 5.92 Å². The molecule has 27 heavy (non-hydrogen) atoms. The number of piperidine rings is 1. The number of alkyl carbamates (subject to hydrolysis) is 1. The average Bonchev–Trinajstić information content (AvgIpc) is 2.66. The van der Waals surface area contributed by atoms with Gasteiger partial charge in [0.15, 0.2) is 0 Å². The van der Waals surface area contributed by atoms with E-state index in [1.54, 1.807) is 0 Å². The fourth-order valence-electron chi connectivity index (χ4n) is 3.51. The SMILES string of the molecule is COC(=O)NC(C(=O)NCc1ccccc1CN1CCCCC1C)C(C)C. The lowest BCUT2D eigenvalue weighted by molar-refractivity contribution is -0.124. The molecule has 150 valence electrons. The fourth-order valence-corrected chi connectivity index (χ4v) is 3.51. The first kappa shape index (κ1) is 21.2. The highest BCUT2D eigenvalue weighted by Crippen LogP contribution is 2.20. The Labute approximate surface area is 162 Å². The summed E-state index contributed by atoms with van der Waals surface area (Å²) in [4.78, 5) is 26.6. The summed E-state index contributed by atoms with van der Waals surface area (Å²) in [7, 11) is 1.29. The number of carbonyl (C=O) groups excluding carboxylic acids is 2. The predicted octanol–water partition coefficient (Wildman–Crippen LogP) is 3.06. The number of methoxy groups -OCH3 is 1. The molecule has 1 heterocycles. The van der Waals surface area contributed by atoms with Gasteiger partial charge in [0.05, 0.1) is 7.11 Å². The molecule has 2 atom stereocenters. The summed E-state index contributed by atoms with van der Waals surface area (Å²) in [5, 5.41) is 5.58. The van der Waals surface area contributed by atoms with Crippen LogP contribution in [-0.2, 0) is 22.6 Å². The molecule has 1 aromatic carbocycles. The summed E-state index contributed by atoms with van der Waals surface area (Å²) in [6.07, 6.45) is 3.20. The molecule has 6 nitrogen and oxygen atoms in total. The van der Waals surface area contributed by atoms with Crippen molar-refractivity contribution in [2.24, 2.45) is 5.92 Å². The third kappa shape index (κ3) is 6.24. The summed E-state index contributed by atoms with van der Waals surface area (Å²) < 4.78 is 4.62. The van der Waals surface area contributed by atoms with Crippen LogP contribution in [0.3, 0.4) is 0 Å². The monoisotopic (exact) mass is 375 g/mol. The molecule has 2 amide bonds. The lowest BCUT2D eigenvalue weighted by atomic mass is 10.0. The van der Waals surface area contributed by atoms with Crippen molar-refractivity contribution in [1.82, 2.24) is 15.5 Å². The number of rotatable bonds is 7. The van der Waals surface area contributed by atoms with Gasteiger partial charge in [0.1, 0.15) is 6.04 Å². The highest BCUT2D eigenvalue weighted by molar-refractivity contribution is 5.85. The number of ether oxygens (including phenoxy) is 1. The van der Waals surface area contributed by atoms with Crippen LogP contribution >= 0.6 is 0 Å². The molecule has 0 aromatic heterocycles. The van der Waals surface area contributed by atoms with Crippen molar-refractivity contribution in [1.29, 1.82) is 0 Å². The van der Waals surface area contributed by atoms with Crippen molar-refractivity contribution in [2.75, 3.05) is 13.7 Å². The van der Waals surface area contributed by atoms with Crippen molar-refractivity contribution >= 4 is 12.0 Å². The molecule has 6 heteroatoms. The van der Waals surface area contributed by atoms with Crippen molar-refractivity contribution < 1.29 is 14.3 Å². The van der Waals surface area contributed by atoms with Crippen LogP contribution < -0.4 is 10.6 Å². The van der Waals surface area contributed by atoms with Crippen molar-refractivity contribution in [3.63, 3.8) is 0 Å². The van der Waals surface area contributed by atoms with E-state index in [9.17, 15) is 9.59 Å². The maximum absolute atomic E-state index is 12.6. The Morgan fingerprint density at radius 2 is 1.93 bits per heavy atom. The molecule has 0 bridgehead atoms. The van der Waals surface area contributed by atoms with E-state index >= 15 is 0 Å². The Bertz CT molecular complexity index is 633. The quantitative estimate of drug-likeness (QED) is 0.768. The van der Waals surface area contributed by atoms with Gasteiger partial charge in [-0.2, -0.15) is 0 Å². The molecule has 1 saturated heterocycles. The van der Waals surface area contributed by atoms with Crippen LogP contribution in [0.25, 0.3) is 0 Å². The third-order valence-corrected chi connectivity index (χ3v) is 5.29. The van der Waals surface area contributed by atoms with E-state index in [-0.39, 0.29) is 11.8 Å². The lowest BCUT2D eigenvalue weighted by Gasteiger charge is -2.33. The molecule has 1 aliphatic rings. The van der Waals surface area contributed by atoms with Gasteiger partial charge in [-0.25, -0.2) is 4.79 Å². The minimum absolute atomic E-state index is 0.0338. The summed E-state index contributed by atoms with van der Waals surface area (Å²) in [5.74, 6) is -0.231. The van der Waals surface area contributed by atoms with Crippen molar-refractivity contribution in [3.05, 3.63) is 35.4 Å². The molecule has 1 aromatic rings. The first-order valence-electron chi connectivity index (χ1n) is 9.85. The Kier molecular flexibility index (Phi) is 8.10. The number of nitrogens with zero attached hydrogens (tertiary/aromatic N) is 1. The van der Waals surface area contributed by atoms with E-state index < -0.39 is 12.1 Å². The molecular formula is C21H33N3O3. The number of carbonyl (C=O) groups is 2. The van der Waals surface area contributed by atoms with Gasteiger partial charge in [0.25, 0.3) is 0 Å². The van der Waals surface area contributed by atoms with Crippen LogP contribution in [0.4, 0.5) is 4.79 Å². The summed E-state index contributed by atoms with van der Waals surface area (Å²) in [5.41, 5.74) is 2.36. The van der Waals surface area contributed by atoms with Crippen molar-refractivity contribution in [2.45, 2.75) is 65.2 Å². The number of likely N-dealkylation sites (tertiary alicyclic amines) is 1. The fraction of sp³-hybridized carbons (Fsp3) is 0.619. The van der Waals surface area contributed by atoms with E-state index in [1.165, 1.54) is 31.9 Å². The van der Waals surface area contributed by atoms with Crippen LogP contribution in [0.1, 0.15) is 51.2 Å². The van der Waals surface area contributed by atoms with Gasteiger partial charge in [-0.1, -0.05) is 44.5 Å². The molecule has 2 unspecified atom stereocenters. The highest BCUT2D eigenvalue weighted by Gasteiger charge is 2.25. The van der Waals surface area contributed by atoms with Gasteiger partial charge in [0.2, 0.25) is 5.91 Å². The number of hydrogen-bond acceptors (Lipinski definition) is 4. The molecule has 0 spiro atoms. The smallest absolute Gasteiger partial charge is 0.407 e. The minimum atomic E-state index is -0.619. The molecule has 0 saturated carbocycles. The first-order valence-corrected chi connectivity index (χ1v) is 9.85. The predicted molar refractivity (Wildman–Crippen MR) is 106 cm³/mol. The Morgan fingerprint density at radius 1 is 1.22 bits per heavy atom. The summed E-state index contributed by atoms with van der Waals surface area (Å²) >= 11 is 0. The zero-order valence-electron chi connectivity index (χ0n) is 17.0. The topological polar surface area (TPSA) is 70.7 Å². The molecule has 1 fully saturated rings. The van der Waals surface area contributed by atoms with Gasteiger partial charge >= 0.3 is 6.09 Å². The van der Waals surface area contributed by atoms with Crippen LogP contribution in [-0.4, -0.2) is 42.6 Å². The molecule has 2 rings (SSSR count). The Hall–Kier alpha value is -2.08. The lowest BCUT2D eigenvalue weighted by Crippen LogP contribution is -2.49. The summed E-state index contributed by atoms with van der Waals surface area (Å²) in [6.45, 7) is 8.55. The maximum Gasteiger partial charge on any atom is 0.407 e. The van der Waals surface area contributed by atoms with E-state index in [1.807, 2.05) is 26.0 Å². The maximum atomic E-state index is 12.6. The number of hydrogen-bond donors (Lipinski definition) is 2. The second-order valence-electron chi connectivity index (χ2n) is 7.66. The van der Waals surface area contributed by atoms with Gasteiger partial charge in [-0.3, -0.25) is 9.69 Å². The zero-order chi connectivity index (χ0) is 19.8. The van der Waals surface area contributed by atoms with E-state index in [0.29, 0.717) is 12.6 Å². The average molecular weight is 376 g/mol. The minimum Gasteiger partial charge on any atom is -0.453 e.